The van der Waals surface area contributed by atoms with Crippen LogP contribution in [0.5, 0.6) is 11.5 Å². The van der Waals surface area contributed by atoms with Crippen molar-refractivity contribution < 1.29 is 43.5 Å². The van der Waals surface area contributed by atoms with Gasteiger partial charge in [-0.25, -0.2) is 0 Å². The average Bonchev–Trinajstić information content (AvgIpc) is 2.90. The Morgan fingerprint density at radius 1 is 1.14 bits per heavy atom. The molecular formula is C30H33F2N3O7. The molecule has 0 heterocycles. The van der Waals surface area contributed by atoms with Crippen LogP contribution in [-0.2, 0) is 17.8 Å². The number of nitrogens with two attached hydrogens (primary N) is 1. The molecule has 12 heteroatoms. The van der Waals surface area contributed by atoms with Gasteiger partial charge in [-0.05, 0) is 55.0 Å². The number of anilines is 2. The number of nitrogens with zero attached hydrogens (tertiary/aromatic N) is 1. The number of fused-ring (bicyclic) bond motifs is 3. The quantitative estimate of drug-likeness (QED) is 0.264. The van der Waals surface area contributed by atoms with Crippen LogP contribution in [-0.4, -0.2) is 64.3 Å². The molecule has 3 aliphatic rings. The number of carbonyl (C=O) groups is 2. The molecule has 3 aliphatic carbocycles. The summed E-state index contributed by atoms with van der Waals surface area (Å²) in [5, 5.41) is 47.9. The highest BCUT2D eigenvalue weighted by Crippen LogP contribution is 2.53. The van der Waals surface area contributed by atoms with Gasteiger partial charge in [0.2, 0.25) is 5.78 Å². The SMILES string of the molecule is CC(N)C1=C(O)C[C@@H]2C[C@@H]3Cc4c(N(C)C)cc(NCc5ccc(OC(F)F)cc5)c(O)c4C(=O)C3=C(O)[C@]2(O)C1=O. The molecule has 0 saturated heterocycles. The highest BCUT2D eigenvalue weighted by molar-refractivity contribution is 6.17. The number of ether oxygens (including phenoxy) is 1. The first-order valence-corrected chi connectivity index (χ1v) is 13.5. The van der Waals surface area contributed by atoms with Crippen molar-refractivity contribution >= 4 is 22.9 Å². The van der Waals surface area contributed by atoms with E-state index in [0.29, 0.717) is 16.8 Å². The molecule has 1 unspecified atom stereocenters. The maximum absolute atomic E-state index is 14.0. The number of hydrogen-bond acceptors (Lipinski definition) is 10. The van der Waals surface area contributed by atoms with Gasteiger partial charge in [0.05, 0.1) is 16.8 Å². The summed E-state index contributed by atoms with van der Waals surface area (Å²) in [4.78, 5) is 29.2. The summed E-state index contributed by atoms with van der Waals surface area (Å²) in [5.41, 5.74) is 5.14. The molecule has 0 radical (unpaired) electrons. The number of carbonyl (C=O) groups excluding carboxylic acids is 2. The zero-order valence-corrected chi connectivity index (χ0v) is 23.3. The Labute approximate surface area is 240 Å². The van der Waals surface area contributed by atoms with E-state index in [9.17, 15) is 38.8 Å². The summed E-state index contributed by atoms with van der Waals surface area (Å²) in [5.74, 6) is -4.46. The van der Waals surface area contributed by atoms with Crippen LogP contribution in [0.1, 0.15) is 41.3 Å². The molecule has 2 aromatic rings. The predicted molar refractivity (Wildman–Crippen MR) is 150 cm³/mol. The molecule has 42 heavy (non-hydrogen) atoms. The van der Waals surface area contributed by atoms with Gasteiger partial charge in [0.1, 0.15) is 23.0 Å². The number of nitrogens with one attached hydrogen (secondary N) is 1. The standard InChI is InChI=1S/C30H33F2N3O7/c1-13(33)22-21(36)10-16-8-15-9-18-20(35(2)3)11-19(34-12-14-4-6-17(7-5-14)42-29(31)32)25(37)24(18)26(38)23(15)28(40)30(16,41)27(22)39/h4-7,11,13,15-16,29,34,36-37,40-41H,8-10,12,33H2,1-3H3/t13?,15-,16+,30-/m1/s1. The van der Waals surface area contributed by atoms with Crippen LogP contribution in [0.4, 0.5) is 20.2 Å². The van der Waals surface area contributed by atoms with Crippen LogP contribution in [0.25, 0.3) is 0 Å². The largest absolute Gasteiger partial charge is 0.512 e. The molecule has 0 aromatic heterocycles. The van der Waals surface area contributed by atoms with Crippen molar-refractivity contribution in [2.45, 2.75) is 51.0 Å². The maximum atomic E-state index is 14.0. The number of hydrogen-bond donors (Lipinski definition) is 6. The number of phenolic OH excluding ortho intramolecular Hbond substituents is 1. The average molecular weight is 586 g/mol. The number of aromatic hydroxyl groups is 1. The van der Waals surface area contributed by atoms with Crippen LogP contribution >= 0.6 is 0 Å². The van der Waals surface area contributed by atoms with Crippen molar-refractivity contribution in [3.8, 4) is 11.5 Å². The van der Waals surface area contributed by atoms with Gasteiger partial charge >= 0.3 is 6.61 Å². The Balaban J connectivity index is 1.53. The first-order chi connectivity index (χ1) is 19.7. The predicted octanol–water partition coefficient (Wildman–Crippen LogP) is 3.72. The number of phenols is 1. The van der Waals surface area contributed by atoms with E-state index < -0.39 is 47.4 Å². The lowest BCUT2D eigenvalue weighted by atomic mass is 9.60. The third kappa shape index (κ3) is 4.64. The van der Waals surface area contributed by atoms with E-state index in [1.165, 1.54) is 19.1 Å². The number of halogens is 2. The van der Waals surface area contributed by atoms with E-state index in [1.54, 1.807) is 37.2 Å². The summed E-state index contributed by atoms with van der Waals surface area (Å²) >= 11 is 0. The monoisotopic (exact) mass is 585 g/mol. The molecule has 224 valence electrons. The molecule has 0 saturated carbocycles. The van der Waals surface area contributed by atoms with E-state index in [4.69, 9.17) is 5.73 Å². The summed E-state index contributed by atoms with van der Waals surface area (Å²) in [6.07, 6.45) is 0.290. The lowest BCUT2D eigenvalue weighted by Crippen LogP contribution is -2.57. The molecule has 2 aromatic carbocycles. The second-order valence-corrected chi connectivity index (χ2v) is 11.3. The van der Waals surface area contributed by atoms with E-state index in [1.807, 2.05) is 0 Å². The minimum Gasteiger partial charge on any atom is -0.512 e. The van der Waals surface area contributed by atoms with E-state index >= 15 is 0 Å². The topological polar surface area (TPSA) is 166 Å². The Morgan fingerprint density at radius 3 is 2.40 bits per heavy atom. The lowest BCUT2D eigenvalue weighted by molar-refractivity contribution is -0.143. The molecular weight excluding hydrogens is 552 g/mol. The van der Waals surface area contributed by atoms with Crippen LogP contribution in [0.3, 0.4) is 0 Å². The third-order valence-corrected chi connectivity index (χ3v) is 8.40. The molecule has 0 aliphatic heterocycles. The first-order valence-electron chi connectivity index (χ1n) is 13.5. The fourth-order valence-electron chi connectivity index (χ4n) is 6.43. The Kier molecular flexibility index (Phi) is 7.40. The van der Waals surface area contributed by atoms with Crippen molar-refractivity contribution in [3.05, 3.63) is 69.7 Å². The fraction of sp³-hybridized carbons (Fsp3) is 0.400. The minimum absolute atomic E-state index is 0.0000675. The van der Waals surface area contributed by atoms with Crippen molar-refractivity contribution in [2.24, 2.45) is 17.6 Å². The van der Waals surface area contributed by atoms with Gasteiger partial charge in [0, 0.05) is 50.3 Å². The second kappa shape index (κ2) is 10.6. The van der Waals surface area contributed by atoms with Crippen molar-refractivity contribution in [3.63, 3.8) is 0 Å². The highest BCUT2D eigenvalue weighted by Gasteiger charge is 2.59. The summed E-state index contributed by atoms with van der Waals surface area (Å²) in [6.45, 7) is -1.30. The number of ketones is 2. The summed E-state index contributed by atoms with van der Waals surface area (Å²) in [6, 6.07) is 6.72. The normalized spacial score (nSPS) is 24.3. The van der Waals surface area contributed by atoms with Crippen molar-refractivity contribution in [2.75, 3.05) is 24.3 Å². The lowest BCUT2D eigenvalue weighted by Gasteiger charge is -2.46. The number of Topliss-reactive ketones (excluding diaryl/α,β-unsaturated/α-hetero) is 2. The smallest absolute Gasteiger partial charge is 0.387 e. The Hall–Kier alpha value is -4.16. The summed E-state index contributed by atoms with van der Waals surface area (Å²) < 4.78 is 29.3. The van der Waals surface area contributed by atoms with Crippen LogP contribution < -0.4 is 20.7 Å². The van der Waals surface area contributed by atoms with Gasteiger partial charge in [0.25, 0.3) is 0 Å². The van der Waals surface area contributed by atoms with Crippen LogP contribution in [0, 0.1) is 11.8 Å². The molecule has 10 nitrogen and oxygen atoms in total. The number of aliphatic hydroxyl groups is 3. The molecule has 5 rings (SSSR count). The molecule has 0 bridgehead atoms. The first kappa shape index (κ1) is 29.3. The number of aliphatic hydroxyl groups excluding tert-OH is 2. The van der Waals surface area contributed by atoms with Gasteiger partial charge in [-0.1, -0.05) is 12.1 Å². The van der Waals surface area contributed by atoms with E-state index in [0.717, 1.165) is 0 Å². The third-order valence-electron chi connectivity index (χ3n) is 8.40. The minimum atomic E-state index is -2.94. The van der Waals surface area contributed by atoms with Crippen LogP contribution in [0.15, 0.2) is 53.0 Å². The van der Waals surface area contributed by atoms with Gasteiger partial charge in [-0.2, -0.15) is 8.78 Å². The van der Waals surface area contributed by atoms with Gasteiger partial charge in [-0.3, -0.25) is 9.59 Å². The second-order valence-electron chi connectivity index (χ2n) is 11.3. The fourth-order valence-corrected chi connectivity index (χ4v) is 6.43. The summed E-state index contributed by atoms with van der Waals surface area (Å²) in [7, 11) is 3.56. The Bertz CT molecular complexity index is 1520. The molecule has 0 amide bonds. The van der Waals surface area contributed by atoms with Gasteiger partial charge in [0.15, 0.2) is 11.4 Å². The van der Waals surface area contributed by atoms with Gasteiger partial charge in [-0.15, -0.1) is 0 Å². The van der Waals surface area contributed by atoms with Gasteiger partial charge < -0.3 is 41.1 Å². The number of benzene rings is 2. The maximum Gasteiger partial charge on any atom is 0.387 e. The van der Waals surface area contributed by atoms with E-state index in [-0.39, 0.29) is 65.5 Å². The highest BCUT2D eigenvalue weighted by atomic mass is 19.3. The van der Waals surface area contributed by atoms with Crippen molar-refractivity contribution in [1.29, 1.82) is 0 Å². The number of rotatable bonds is 7. The molecule has 0 fully saturated rings. The van der Waals surface area contributed by atoms with E-state index in [2.05, 4.69) is 10.1 Å². The van der Waals surface area contributed by atoms with Crippen molar-refractivity contribution in [1.82, 2.24) is 0 Å². The molecule has 0 spiro atoms. The number of alkyl halides is 2. The zero-order valence-electron chi connectivity index (χ0n) is 23.3. The zero-order chi connectivity index (χ0) is 30.7. The Morgan fingerprint density at radius 2 is 1.81 bits per heavy atom. The molecule has 7 N–H and O–H groups in total. The number of allylic oxidation sites excluding steroid dienone is 2. The molecule has 4 atom stereocenters. The van der Waals surface area contributed by atoms with Crippen LogP contribution in [0.2, 0.25) is 0 Å².